The van der Waals surface area contributed by atoms with Crippen LogP contribution in [0, 0.1) is 5.92 Å². The second-order valence-electron chi connectivity index (χ2n) is 4.52. The van der Waals surface area contributed by atoms with Crippen molar-refractivity contribution in [3.63, 3.8) is 0 Å². The van der Waals surface area contributed by atoms with Crippen molar-refractivity contribution in [1.82, 2.24) is 4.90 Å². The minimum Gasteiger partial charge on any atom is -0.447 e. The summed E-state index contributed by atoms with van der Waals surface area (Å²) in [7, 11) is 0. The fourth-order valence-electron chi connectivity index (χ4n) is 1.86. The Kier molecular flexibility index (Phi) is 3.47. The summed E-state index contributed by atoms with van der Waals surface area (Å²) in [6, 6.07) is 10.1. The number of amides is 1. The first-order valence-electron chi connectivity index (χ1n) is 5.87. The van der Waals surface area contributed by atoms with Crippen molar-refractivity contribution in [2.75, 3.05) is 6.61 Å². The molecule has 1 aromatic carbocycles. The Bertz CT molecular complexity index is 411. The van der Waals surface area contributed by atoms with Crippen LogP contribution >= 0.6 is 0 Å². The Balaban J connectivity index is 2.11. The monoisotopic (exact) mass is 231 g/mol. The van der Waals surface area contributed by atoms with E-state index < -0.39 is 0 Å². The molecule has 3 nitrogen and oxygen atoms in total. The van der Waals surface area contributed by atoms with Crippen LogP contribution in [0.4, 0.5) is 4.79 Å². The van der Waals surface area contributed by atoms with Crippen molar-refractivity contribution in [3.05, 3.63) is 42.1 Å². The van der Waals surface area contributed by atoms with E-state index in [1.54, 1.807) is 4.90 Å². The van der Waals surface area contributed by atoms with Crippen LogP contribution in [0.2, 0.25) is 0 Å². The van der Waals surface area contributed by atoms with Gasteiger partial charge in [0.2, 0.25) is 0 Å². The number of rotatable bonds is 3. The molecule has 1 aliphatic rings. The lowest BCUT2D eigenvalue weighted by molar-refractivity contribution is 0.166. The summed E-state index contributed by atoms with van der Waals surface area (Å²) in [6.07, 6.45) is 3.49. The van der Waals surface area contributed by atoms with Gasteiger partial charge in [-0.05, 0) is 17.6 Å². The second-order valence-corrected chi connectivity index (χ2v) is 4.52. The first-order chi connectivity index (χ1) is 8.18. The van der Waals surface area contributed by atoms with Crippen molar-refractivity contribution < 1.29 is 9.53 Å². The highest BCUT2D eigenvalue weighted by Gasteiger charge is 2.33. The van der Waals surface area contributed by atoms with E-state index in [9.17, 15) is 4.79 Å². The Labute approximate surface area is 102 Å². The molecule has 1 fully saturated rings. The van der Waals surface area contributed by atoms with Crippen LogP contribution in [0.5, 0.6) is 0 Å². The average Bonchev–Trinajstić information content (AvgIpc) is 2.69. The van der Waals surface area contributed by atoms with E-state index in [2.05, 4.69) is 13.8 Å². The highest BCUT2D eigenvalue weighted by Crippen LogP contribution is 2.20. The number of hydrogen-bond acceptors (Lipinski definition) is 2. The Morgan fingerprint density at radius 3 is 2.71 bits per heavy atom. The van der Waals surface area contributed by atoms with Crippen LogP contribution in [0.1, 0.15) is 19.4 Å². The van der Waals surface area contributed by atoms with E-state index in [1.807, 2.05) is 42.6 Å². The molecule has 0 unspecified atom stereocenters. The third kappa shape index (κ3) is 2.67. The van der Waals surface area contributed by atoms with Crippen LogP contribution in [-0.4, -0.2) is 23.6 Å². The van der Waals surface area contributed by atoms with Gasteiger partial charge in [0.15, 0.2) is 0 Å². The van der Waals surface area contributed by atoms with Gasteiger partial charge in [-0.25, -0.2) is 4.79 Å². The van der Waals surface area contributed by atoms with Gasteiger partial charge in [-0.3, -0.25) is 4.90 Å². The third-order valence-electron chi connectivity index (χ3n) is 2.94. The Hall–Kier alpha value is -1.77. The van der Waals surface area contributed by atoms with Crippen LogP contribution in [0.15, 0.2) is 36.5 Å². The average molecular weight is 231 g/mol. The van der Waals surface area contributed by atoms with Crippen molar-refractivity contribution in [2.45, 2.75) is 19.9 Å². The fourth-order valence-corrected chi connectivity index (χ4v) is 1.86. The molecule has 0 aromatic heterocycles. The molecule has 1 heterocycles. The SMILES string of the molecule is CC(C)[C@H]1COC(=O)N1/C=C/c1ccccc1. The molecule has 0 radical (unpaired) electrons. The molecule has 1 saturated heterocycles. The first-order valence-corrected chi connectivity index (χ1v) is 5.87. The van der Waals surface area contributed by atoms with E-state index in [1.165, 1.54) is 0 Å². The van der Waals surface area contributed by atoms with E-state index in [0.29, 0.717) is 12.5 Å². The molecule has 1 aromatic rings. The molecule has 0 aliphatic carbocycles. The fraction of sp³-hybridized carbons (Fsp3) is 0.357. The predicted octanol–water partition coefficient (Wildman–Crippen LogP) is 3.13. The van der Waals surface area contributed by atoms with Gasteiger partial charge in [-0.1, -0.05) is 44.2 Å². The molecule has 90 valence electrons. The number of cyclic esters (lactones) is 1. The lowest BCUT2D eigenvalue weighted by Gasteiger charge is -2.20. The van der Waals surface area contributed by atoms with Gasteiger partial charge in [-0.2, -0.15) is 0 Å². The van der Waals surface area contributed by atoms with Crippen molar-refractivity contribution in [3.8, 4) is 0 Å². The maximum atomic E-state index is 11.6. The number of hydrogen-bond donors (Lipinski definition) is 0. The first kappa shape index (κ1) is 11.7. The standard InChI is InChI=1S/C14H17NO2/c1-11(2)13-10-17-14(16)15(13)9-8-12-6-4-3-5-7-12/h3-9,11,13H,10H2,1-2H3/b9-8+/t13-/m1/s1. The largest absolute Gasteiger partial charge is 0.447 e. The number of carbonyl (C=O) groups excluding carboxylic acids is 1. The smallest absolute Gasteiger partial charge is 0.414 e. The van der Waals surface area contributed by atoms with Gasteiger partial charge in [0.1, 0.15) is 6.61 Å². The summed E-state index contributed by atoms with van der Waals surface area (Å²) in [5.41, 5.74) is 1.08. The number of carbonyl (C=O) groups is 1. The summed E-state index contributed by atoms with van der Waals surface area (Å²) < 4.78 is 5.06. The zero-order valence-corrected chi connectivity index (χ0v) is 10.2. The molecule has 1 aliphatic heterocycles. The van der Waals surface area contributed by atoms with E-state index in [0.717, 1.165) is 5.56 Å². The second kappa shape index (κ2) is 5.04. The lowest BCUT2D eigenvalue weighted by atomic mass is 10.1. The zero-order chi connectivity index (χ0) is 12.3. The Morgan fingerprint density at radius 2 is 2.06 bits per heavy atom. The third-order valence-corrected chi connectivity index (χ3v) is 2.94. The number of nitrogens with zero attached hydrogens (tertiary/aromatic N) is 1. The molecule has 0 spiro atoms. The van der Waals surface area contributed by atoms with Gasteiger partial charge >= 0.3 is 6.09 Å². The van der Waals surface area contributed by atoms with Gasteiger partial charge in [0.05, 0.1) is 6.04 Å². The molecule has 1 atom stereocenters. The van der Waals surface area contributed by atoms with Crippen LogP contribution in [0.25, 0.3) is 6.08 Å². The summed E-state index contributed by atoms with van der Waals surface area (Å²) in [5.74, 6) is 0.391. The minimum atomic E-state index is -0.254. The zero-order valence-electron chi connectivity index (χ0n) is 10.2. The van der Waals surface area contributed by atoms with Crippen molar-refractivity contribution in [2.24, 2.45) is 5.92 Å². The van der Waals surface area contributed by atoms with Crippen molar-refractivity contribution in [1.29, 1.82) is 0 Å². The van der Waals surface area contributed by atoms with Gasteiger partial charge in [0.25, 0.3) is 0 Å². The maximum Gasteiger partial charge on any atom is 0.414 e. The molecule has 1 amide bonds. The van der Waals surface area contributed by atoms with Gasteiger partial charge in [0, 0.05) is 6.20 Å². The number of ether oxygens (including phenoxy) is 1. The molecule has 2 rings (SSSR count). The summed E-state index contributed by atoms with van der Waals surface area (Å²) >= 11 is 0. The molecule has 17 heavy (non-hydrogen) atoms. The highest BCUT2D eigenvalue weighted by molar-refractivity contribution is 5.72. The quantitative estimate of drug-likeness (QED) is 0.799. The summed E-state index contributed by atoms with van der Waals surface area (Å²) in [6.45, 7) is 4.67. The summed E-state index contributed by atoms with van der Waals surface area (Å²) in [4.78, 5) is 13.2. The molecule has 3 heteroatoms. The molecule has 0 saturated carbocycles. The van der Waals surface area contributed by atoms with Crippen LogP contribution in [0.3, 0.4) is 0 Å². The van der Waals surface area contributed by atoms with E-state index in [-0.39, 0.29) is 12.1 Å². The topological polar surface area (TPSA) is 29.5 Å². The Morgan fingerprint density at radius 1 is 1.35 bits per heavy atom. The van der Waals surface area contributed by atoms with E-state index >= 15 is 0 Å². The maximum absolute atomic E-state index is 11.6. The summed E-state index contributed by atoms with van der Waals surface area (Å²) in [5, 5.41) is 0. The molecular weight excluding hydrogens is 214 g/mol. The molecule has 0 bridgehead atoms. The van der Waals surface area contributed by atoms with Crippen LogP contribution in [-0.2, 0) is 4.74 Å². The molecule has 0 N–H and O–H groups in total. The molecular formula is C14H17NO2. The highest BCUT2D eigenvalue weighted by atomic mass is 16.6. The van der Waals surface area contributed by atoms with Gasteiger partial charge in [-0.15, -0.1) is 0 Å². The van der Waals surface area contributed by atoms with Crippen molar-refractivity contribution >= 4 is 12.2 Å². The van der Waals surface area contributed by atoms with Gasteiger partial charge < -0.3 is 4.74 Å². The normalized spacial score (nSPS) is 20.3. The van der Waals surface area contributed by atoms with E-state index in [4.69, 9.17) is 4.74 Å². The predicted molar refractivity (Wildman–Crippen MR) is 67.3 cm³/mol. The van der Waals surface area contributed by atoms with Crippen LogP contribution < -0.4 is 0 Å². The minimum absolute atomic E-state index is 0.141. The number of benzene rings is 1. The lowest BCUT2D eigenvalue weighted by Crippen LogP contribution is -2.32.